The number of hydrogen-bond donors (Lipinski definition) is 3. The Balaban J connectivity index is 1.55. The zero-order valence-corrected chi connectivity index (χ0v) is 22.4. The third-order valence-electron chi connectivity index (χ3n) is 5.91. The molecule has 1 aliphatic heterocycles. The number of amides is 2. The van der Waals surface area contributed by atoms with Gasteiger partial charge in [-0.2, -0.15) is 0 Å². The molecule has 0 aliphatic carbocycles. The Hall–Kier alpha value is -2.82. The van der Waals surface area contributed by atoms with Gasteiger partial charge in [-0.15, -0.1) is 5.10 Å². The van der Waals surface area contributed by atoms with Crippen LogP contribution in [0.3, 0.4) is 0 Å². The van der Waals surface area contributed by atoms with Crippen molar-refractivity contribution in [2.45, 2.75) is 25.9 Å². The number of ether oxygens (including phenoxy) is 3. The van der Waals surface area contributed by atoms with Gasteiger partial charge in [-0.1, -0.05) is 41.4 Å². The third kappa shape index (κ3) is 7.15. The number of aromatic nitrogens is 2. The highest BCUT2D eigenvalue weighted by Crippen LogP contribution is 2.31. The number of rotatable bonds is 10. The van der Waals surface area contributed by atoms with Crippen molar-refractivity contribution in [2.24, 2.45) is 0 Å². The van der Waals surface area contributed by atoms with Gasteiger partial charge in [-0.3, -0.25) is 5.32 Å². The van der Waals surface area contributed by atoms with E-state index in [0.29, 0.717) is 65.8 Å². The van der Waals surface area contributed by atoms with E-state index in [1.54, 1.807) is 23.9 Å². The first-order valence-corrected chi connectivity index (χ1v) is 12.9. The summed E-state index contributed by atoms with van der Waals surface area (Å²) < 4.78 is 18.5. The van der Waals surface area contributed by atoms with Crippen molar-refractivity contribution in [3.63, 3.8) is 0 Å². The van der Waals surface area contributed by atoms with Crippen molar-refractivity contribution in [1.29, 1.82) is 0 Å². The van der Waals surface area contributed by atoms with Gasteiger partial charge >= 0.3 is 6.03 Å². The summed E-state index contributed by atoms with van der Waals surface area (Å²) >= 11 is 12.5. The van der Waals surface area contributed by atoms with E-state index in [1.807, 2.05) is 37.3 Å². The average molecular weight is 548 g/mol. The molecule has 1 saturated heterocycles. The van der Waals surface area contributed by atoms with Crippen LogP contribution in [-0.4, -0.2) is 61.9 Å². The zero-order valence-electron chi connectivity index (χ0n) is 20.9. The minimum absolute atomic E-state index is 0.0686. The second kappa shape index (κ2) is 13.1. The minimum Gasteiger partial charge on any atom is -0.474 e. The van der Waals surface area contributed by atoms with E-state index >= 15 is 0 Å². The number of urea groups is 1. The van der Waals surface area contributed by atoms with Crippen LogP contribution in [0.2, 0.25) is 10.0 Å². The SMILES string of the molecule is COCCCc1cc(Cl)c(Cl)cc1NC(=O)Nc1c(C)c(OC[C@@H]2CNCCO2)nn1-c1ccccc1. The van der Waals surface area contributed by atoms with Gasteiger partial charge in [0.1, 0.15) is 18.5 Å². The number of carbonyl (C=O) groups is 1. The van der Waals surface area contributed by atoms with E-state index in [4.69, 9.17) is 37.4 Å². The summed E-state index contributed by atoms with van der Waals surface area (Å²) in [7, 11) is 1.65. The number of benzene rings is 2. The third-order valence-corrected chi connectivity index (χ3v) is 6.63. The number of methoxy groups -OCH3 is 1. The molecule has 2 aromatic carbocycles. The van der Waals surface area contributed by atoms with Crippen LogP contribution in [0.5, 0.6) is 5.88 Å². The van der Waals surface area contributed by atoms with Crippen LogP contribution >= 0.6 is 23.2 Å². The van der Waals surface area contributed by atoms with Crippen LogP contribution < -0.4 is 20.7 Å². The van der Waals surface area contributed by atoms with E-state index in [9.17, 15) is 4.79 Å². The molecule has 0 saturated carbocycles. The van der Waals surface area contributed by atoms with Crippen molar-refractivity contribution in [3.05, 3.63) is 63.6 Å². The van der Waals surface area contributed by atoms with Crippen molar-refractivity contribution >= 4 is 40.7 Å². The number of halogens is 2. The summed E-state index contributed by atoms with van der Waals surface area (Å²) in [6.45, 7) is 4.97. The fraction of sp³-hybridized carbons (Fsp3) is 0.385. The van der Waals surface area contributed by atoms with Gasteiger partial charge in [0, 0.05) is 32.5 Å². The lowest BCUT2D eigenvalue weighted by Crippen LogP contribution is -2.41. The molecule has 1 aliphatic rings. The highest BCUT2D eigenvalue weighted by Gasteiger charge is 2.22. The largest absolute Gasteiger partial charge is 0.474 e. The van der Waals surface area contributed by atoms with E-state index in [1.165, 1.54) is 0 Å². The molecule has 2 heterocycles. The molecule has 2 amide bonds. The Morgan fingerprint density at radius 2 is 2.00 bits per heavy atom. The standard InChI is InChI=1S/C26H31Cl2N5O4/c1-17-24(31-26(34)30-23-14-22(28)21(27)13-18(23)7-6-11-35-2)33(19-8-4-3-5-9-19)32-25(17)37-16-20-15-29-10-12-36-20/h3-5,8-9,13-14,20,29H,6-7,10-12,15-16H2,1-2H3,(H2,30,31,34)/t20-/m0/s1. The maximum Gasteiger partial charge on any atom is 0.324 e. The maximum atomic E-state index is 13.2. The molecule has 0 radical (unpaired) electrons. The van der Waals surface area contributed by atoms with Gasteiger partial charge in [-0.25, -0.2) is 9.48 Å². The Bertz CT molecular complexity index is 1200. The molecule has 0 bridgehead atoms. The number of aryl methyl sites for hydroxylation is 1. The van der Waals surface area contributed by atoms with Crippen LogP contribution in [0.25, 0.3) is 5.69 Å². The van der Waals surface area contributed by atoms with Gasteiger partial charge in [0.15, 0.2) is 0 Å². The van der Waals surface area contributed by atoms with Gasteiger partial charge in [-0.05, 0) is 49.6 Å². The number of nitrogens with one attached hydrogen (secondary N) is 3. The van der Waals surface area contributed by atoms with Crippen LogP contribution in [-0.2, 0) is 15.9 Å². The van der Waals surface area contributed by atoms with Crippen molar-refractivity contribution in [3.8, 4) is 11.6 Å². The normalized spacial score (nSPS) is 15.4. The van der Waals surface area contributed by atoms with Gasteiger partial charge < -0.3 is 24.8 Å². The summed E-state index contributed by atoms with van der Waals surface area (Å²) in [5, 5.41) is 14.6. The van der Waals surface area contributed by atoms with Crippen molar-refractivity contribution in [1.82, 2.24) is 15.1 Å². The van der Waals surface area contributed by atoms with Crippen LogP contribution in [0.1, 0.15) is 17.5 Å². The van der Waals surface area contributed by atoms with Gasteiger partial charge in [0.25, 0.3) is 0 Å². The first kappa shape index (κ1) is 27.2. The summed E-state index contributed by atoms with van der Waals surface area (Å²) in [6.07, 6.45) is 1.36. The quantitative estimate of drug-likeness (QED) is 0.306. The zero-order chi connectivity index (χ0) is 26.2. The number of morpholine rings is 1. The molecule has 4 rings (SSSR count). The maximum absolute atomic E-state index is 13.2. The summed E-state index contributed by atoms with van der Waals surface area (Å²) in [5.41, 5.74) is 2.91. The van der Waals surface area contributed by atoms with Gasteiger partial charge in [0.05, 0.1) is 27.9 Å². The summed E-state index contributed by atoms with van der Waals surface area (Å²) in [5.74, 6) is 0.908. The Morgan fingerprint density at radius 1 is 1.22 bits per heavy atom. The molecule has 0 spiro atoms. The minimum atomic E-state index is -0.446. The number of para-hydroxylation sites is 1. The number of hydrogen-bond acceptors (Lipinski definition) is 6. The molecule has 1 aromatic heterocycles. The average Bonchev–Trinajstić information content (AvgIpc) is 3.21. The lowest BCUT2D eigenvalue weighted by molar-refractivity contribution is -0.000938. The Kier molecular flexibility index (Phi) is 9.65. The molecule has 0 unspecified atom stereocenters. The van der Waals surface area contributed by atoms with E-state index < -0.39 is 6.03 Å². The predicted octanol–water partition coefficient (Wildman–Crippen LogP) is 5.08. The number of anilines is 2. The molecule has 1 atom stereocenters. The molecule has 11 heteroatoms. The molecule has 198 valence electrons. The lowest BCUT2D eigenvalue weighted by atomic mass is 10.1. The van der Waals surface area contributed by atoms with Gasteiger partial charge in [0.2, 0.25) is 5.88 Å². The van der Waals surface area contributed by atoms with E-state index in [2.05, 4.69) is 21.0 Å². The lowest BCUT2D eigenvalue weighted by Gasteiger charge is -2.23. The molecule has 37 heavy (non-hydrogen) atoms. The number of nitrogens with zero attached hydrogens (tertiary/aromatic N) is 2. The smallest absolute Gasteiger partial charge is 0.324 e. The van der Waals surface area contributed by atoms with Crippen LogP contribution in [0.15, 0.2) is 42.5 Å². The summed E-state index contributed by atoms with van der Waals surface area (Å²) in [4.78, 5) is 13.2. The first-order valence-electron chi connectivity index (χ1n) is 12.1. The number of carbonyl (C=O) groups excluding carboxylic acids is 1. The van der Waals surface area contributed by atoms with E-state index in [0.717, 1.165) is 24.2 Å². The highest BCUT2D eigenvalue weighted by atomic mass is 35.5. The molecule has 9 nitrogen and oxygen atoms in total. The molecular weight excluding hydrogens is 517 g/mol. The van der Waals surface area contributed by atoms with Crippen LogP contribution in [0, 0.1) is 6.92 Å². The molecule has 3 N–H and O–H groups in total. The Labute approximate surface area is 226 Å². The predicted molar refractivity (Wildman–Crippen MR) is 146 cm³/mol. The highest BCUT2D eigenvalue weighted by molar-refractivity contribution is 6.42. The monoisotopic (exact) mass is 547 g/mol. The molecule has 3 aromatic rings. The molecular formula is C26H31Cl2N5O4. The summed E-state index contributed by atoms with van der Waals surface area (Å²) in [6, 6.07) is 12.5. The molecule has 1 fully saturated rings. The van der Waals surface area contributed by atoms with Crippen molar-refractivity contribution in [2.75, 3.05) is 50.7 Å². The fourth-order valence-electron chi connectivity index (χ4n) is 3.99. The van der Waals surface area contributed by atoms with Crippen LogP contribution in [0.4, 0.5) is 16.3 Å². The topological polar surface area (TPSA) is 98.7 Å². The second-order valence-electron chi connectivity index (χ2n) is 8.63. The van der Waals surface area contributed by atoms with Crippen molar-refractivity contribution < 1.29 is 19.0 Å². The first-order chi connectivity index (χ1) is 18.0. The van der Waals surface area contributed by atoms with E-state index in [-0.39, 0.29) is 6.10 Å². The Morgan fingerprint density at radius 3 is 2.73 bits per heavy atom. The second-order valence-corrected chi connectivity index (χ2v) is 9.45. The fourth-order valence-corrected chi connectivity index (χ4v) is 4.34.